The van der Waals surface area contributed by atoms with Gasteiger partial charge in [-0.2, -0.15) is 5.10 Å². The molecule has 2 rings (SSSR count). The molecule has 1 saturated carbocycles. The molecule has 0 spiro atoms. The number of hydrogen-bond donors (Lipinski definition) is 3. The second-order valence-corrected chi connectivity index (χ2v) is 5.88. The zero-order chi connectivity index (χ0) is 15.2. The Hall–Kier alpha value is -1.75. The zero-order valence-electron chi connectivity index (χ0n) is 11.9. The first-order valence-electron chi connectivity index (χ1n) is 7.20. The summed E-state index contributed by atoms with van der Waals surface area (Å²) in [5.74, 6) is 0.564. The van der Waals surface area contributed by atoms with Gasteiger partial charge in [0, 0.05) is 10.6 Å². The molecule has 0 saturated heterocycles. The Morgan fingerprint density at radius 3 is 2.52 bits per heavy atom. The molecule has 1 aromatic carbocycles. The second-order valence-electron chi connectivity index (χ2n) is 5.44. The van der Waals surface area contributed by atoms with Crippen LogP contribution in [0.1, 0.15) is 44.1 Å². The van der Waals surface area contributed by atoms with Gasteiger partial charge in [-0.3, -0.25) is 0 Å². The lowest BCUT2D eigenvalue weighted by molar-refractivity contribution is 0.368. The number of nitrogens with zero attached hydrogens (tertiary/aromatic N) is 2. The molecule has 0 radical (unpaired) electrons. The summed E-state index contributed by atoms with van der Waals surface area (Å²) < 4.78 is 0. The lowest BCUT2D eigenvalue weighted by atomic mass is 9.84. The van der Waals surface area contributed by atoms with E-state index in [0.717, 1.165) is 6.42 Å². The third-order valence-corrected chi connectivity index (χ3v) is 4.00. The fourth-order valence-electron chi connectivity index (χ4n) is 2.74. The van der Waals surface area contributed by atoms with Gasteiger partial charge in [-0.25, -0.2) is 0 Å². The average Bonchev–Trinajstić information content (AvgIpc) is 2.45. The molecule has 0 aromatic heterocycles. The van der Waals surface area contributed by atoms with E-state index < -0.39 is 0 Å². The summed E-state index contributed by atoms with van der Waals surface area (Å²) in [6.45, 7) is 0. The van der Waals surface area contributed by atoms with E-state index in [0.29, 0.717) is 22.2 Å². The van der Waals surface area contributed by atoms with Gasteiger partial charge in [0.25, 0.3) is 0 Å². The van der Waals surface area contributed by atoms with Crippen molar-refractivity contribution in [1.82, 2.24) is 0 Å². The van der Waals surface area contributed by atoms with Crippen molar-refractivity contribution in [1.29, 1.82) is 0 Å². The minimum Gasteiger partial charge on any atom is -0.507 e. The lowest BCUT2D eigenvalue weighted by Gasteiger charge is -2.22. The molecular weight excluding hydrogens is 288 g/mol. The van der Waals surface area contributed by atoms with Crippen LogP contribution in [0.5, 0.6) is 5.75 Å². The second kappa shape index (κ2) is 7.31. The van der Waals surface area contributed by atoms with E-state index in [1.165, 1.54) is 38.2 Å². The topological polar surface area (TPSA) is 97.0 Å². The van der Waals surface area contributed by atoms with Crippen molar-refractivity contribution < 1.29 is 5.11 Å². The summed E-state index contributed by atoms with van der Waals surface area (Å²) in [5.41, 5.74) is 12.0. The van der Waals surface area contributed by atoms with Crippen LogP contribution >= 0.6 is 11.6 Å². The van der Waals surface area contributed by atoms with Gasteiger partial charge in [0.15, 0.2) is 0 Å². The Labute approximate surface area is 129 Å². The Bertz CT molecular complexity index is 547. The highest BCUT2D eigenvalue weighted by molar-refractivity contribution is 6.30. The number of aromatic hydroxyl groups is 1. The SMILES string of the molecule is NC(N)=N/N=C(\CC1CCCCC1)c1ccc(Cl)cc1O. The van der Waals surface area contributed by atoms with Crippen molar-refractivity contribution in [3.05, 3.63) is 28.8 Å². The molecular formula is C15H21ClN4O. The van der Waals surface area contributed by atoms with Gasteiger partial charge in [-0.1, -0.05) is 43.7 Å². The Balaban J connectivity index is 2.26. The van der Waals surface area contributed by atoms with Crippen molar-refractivity contribution in [2.45, 2.75) is 38.5 Å². The van der Waals surface area contributed by atoms with Crippen molar-refractivity contribution in [2.24, 2.45) is 27.6 Å². The van der Waals surface area contributed by atoms with Crippen LogP contribution in [0.3, 0.4) is 0 Å². The van der Waals surface area contributed by atoms with Crippen LogP contribution in [-0.2, 0) is 0 Å². The van der Waals surface area contributed by atoms with Crippen molar-refractivity contribution in [2.75, 3.05) is 0 Å². The van der Waals surface area contributed by atoms with Gasteiger partial charge in [-0.05, 0) is 30.5 Å². The summed E-state index contributed by atoms with van der Waals surface area (Å²) in [4.78, 5) is 0. The van der Waals surface area contributed by atoms with Crippen molar-refractivity contribution in [3.63, 3.8) is 0 Å². The Kier molecular flexibility index (Phi) is 5.44. The first-order valence-corrected chi connectivity index (χ1v) is 7.58. The quantitative estimate of drug-likeness (QED) is 0.453. The third-order valence-electron chi connectivity index (χ3n) is 3.76. The van der Waals surface area contributed by atoms with E-state index in [1.54, 1.807) is 12.1 Å². The molecule has 1 aliphatic rings. The van der Waals surface area contributed by atoms with Crippen LogP contribution in [0.25, 0.3) is 0 Å². The molecule has 0 bridgehead atoms. The molecule has 1 aliphatic carbocycles. The van der Waals surface area contributed by atoms with E-state index in [-0.39, 0.29) is 11.7 Å². The number of phenolic OH excluding ortho intramolecular Hbond substituents is 1. The molecule has 6 heteroatoms. The van der Waals surface area contributed by atoms with Gasteiger partial charge in [0.05, 0.1) is 5.71 Å². The largest absolute Gasteiger partial charge is 0.507 e. The number of nitrogens with two attached hydrogens (primary N) is 2. The van der Waals surface area contributed by atoms with Crippen LogP contribution < -0.4 is 11.5 Å². The molecule has 0 atom stereocenters. The average molecular weight is 309 g/mol. The highest BCUT2D eigenvalue weighted by Gasteiger charge is 2.19. The summed E-state index contributed by atoms with van der Waals surface area (Å²) in [6.07, 6.45) is 6.89. The predicted molar refractivity (Wildman–Crippen MR) is 86.7 cm³/mol. The highest BCUT2D eigenvalue weighted by atomic mass is 35.5. The molecule has 0 amide bonds. The molecule has 0 heterocycles. The molecule has 114 valence electrons. The number of benzene rings is 1. The number of halogens is 1. The highest BCUT2D eigenvalue weighted by Crippen LogP contribution is 2.30. The minimum atomic E-state index is -0.0930. The minimum absolute atomic E-state index is 0.0930. The maximum absolute atomic E-state index is 10.1. The van der Waals surface area contributed by atoms with Crippen LogP contribution in [-0.4, -0.2) is 16.8 Å². The monoisotopic (exact) mass is 308 g/mol. The van der Waals surface area contributed by atoms with Gasteiger partial charge < -0.3 is 16.6 Å². The first-order chi connectivity index (χ1) is 10.1. The molecule has 0 aliphatic heterocycles. The fraction of sp³-hybridized carbons (Fsp3) is 0.467. The maximum Gasteiger partial charge on any atom is 0.211 e. The molecule has 21 heavy (non-hydrogen) atoms. The fourth-order valence-corrected chi connectivity index (χ4v) is 2.90. The van der Waals surface area contributed by atoms with Gasteiger partial charge in [0.1, 0.15) is 5.75 Å². The van der Waals surface area contributed by atoms with Crippen LogP contribution in [0.2, 0.25) is 5.02 Å². The number of guanidine groups is 1. The zero-order valence-corrected chi connectivity index (χ0v) is 12.7. The van der Waals surface area contributed by atoms with E-state index in [1.807, 2.05) is 0 Å². The smallest absolute Gasteiger partial charge is 0.211 e. The van der Waals surface area contributed by atoms with Crippen LogP contribution in [0.4, 0.5) is 0 Å². The van der Waals surface area contributed by atoms with Gasteiger partial charge in [0.2, 0.25) is 5.96 Å². The van der Waals surface area contributed by atoms with Crippen LogP contribution in [0, 0.1) is 5.92 Å². The van der Waals surface area contributed by atoms with E-state index in [4.69, 9.17) is 23.1 Å². The van der Waals surface area contributed by atoms with Crippen molar-refractivity contribution >= 4 is 23.3 Å². The number of rotatable bonds is 4. The molecule has 0 unspecified atom stereocenters. The maximum atomic E-state index is 10.1. The Morgan fingerprint density at radius 2 is 1.90 bits per heavy atom. The van der Waals surface area contributed by atoms with E-state index in [9.17, 15) is 5.11 Å². The summed E-state index contributed by atoms with van der Waals surface area (Å²) in [5, 5.41) is 18.4. The molecule has 1 aromatic rings. The number of hydrogen-bond acceptors (Lipinski definition) is 3. The van der Waals surface area contributed by atoms with E-state index in [2.05, 4.69) is 10.2 Å². The summed E-state index contributed by atoms with van der Waals surface area (Å²) >= 11 is 5.87. The Morgan fingerprint density at radius 1 is 1.19 bits per heavy atom. The lowest BCUT2D eigenvalue weighted by Crippen LogP contribution is -2.22. The normalized spacial score (nSPS) is 16.7. The number of phenols is 1. The summed E-state index contributed by atoms with van der Waals surface area (Å²) in [7, 11) is 0. The van der Waals surface area contributed by atoms with Gasteiger partial charge >= 0.3 is 0 Å². The van der Waals surface area contributed by atoms with Crippen LogP contribution in [0.15, 0.2) is 28.4 Å². The molecule has 5 nitrogen and oxygen atoms in total. The molecule has 1 fully saturated rings. The predicted octanol–water partition coefficient (Wildman–Crippen LogP) is 2.99. The molecule has 5 N–H and O–H groups in total. The third kappa shape index (κ3) is 4.63. The summed E-state index contributed by atoms with van der Waals surface area (Å²) in [6, 6.07) is 4.98. The van der Waals surface area contributed by atoms with Gasteiger partial charge in [-0.15, -0.1) is 5.10 Å². The van der Waals surface area contributed by atoms with E-state index >= 15 is 0 Å². The first kappa shape index (κ1) is 15.6. The standard InChI is InChI=1S/C15H21ClN4O/c16-11-6-7-12(14(21)9-11)13(19-20-15(17)18)8-10-4-2-1-3-5-10/h6-7,9-10,21H,1-5,8H2,(H4,17,18,20)/b19-13+. The van der Waals surface area contributed by atoms with Crippen molar-refractivity contribution in [3.8, 4) is 5.75 Å².